The Kier molecular flexibility index (Phi) is 4.04. The van der Waals surface area contributed by atoms with Gasteiger partial charge in [0.1, 0.15) is 5.60 Å². The number of rotatable bonds is 1. The van der Waals surface area contributed by atoms with Crippen LogP contribution in [0.15, 0.2) is 18.2 Å². The van der Waals surface area contributed by atoms with Crippen LogP contribution in [-0.2, 0) is 11.2 Å². The van der Waals surface area contributed by atoms with Crippen LogP contribution in [0.5, 0.6) is 0 Å². The predicted octanol–water partition coefficient (Wildman–Crippen LogP) is 3.43. The summed E-state index contributed by atoms with van der Waals surface area (Å²) < 4.78 is 5.45. The molecule has 1 heterocycles. The number of anilines is 1. The van der Waals surface area contributed by atoms with Crippen molar-refractivity contribution in [3.63, 3.8) is 0 Å². The molecule has 1 aliphatic heterocycles. The molecule has 110 valence electrons. The molecule has 0 saturated heterocycles. The summed E-state index contributed by atoms with van der Waals surface area (Å²) in [6.45, 7) is 8.02. The van der Waals surface area contributed by atoms with Crippen LogP contribution in [0.3, 0.4) is 0 Å². The average Bonchev–Trinajstić information content (AvgIpc) is 2.35. The number of nitrogens with zero attached hydrogens (tertiary/aromatic N) is 1. The lowest BCUT2D eigenvalue weighted by molar-refractivity contribution is 0.0578. The van der Waals surface area contributed by atoms with Gasteiger partial charge >= 0.3 is 6.09 Å². The van der Waals surface area contributed by atoms with Crippen molar-refractivity contribution in [1.29, 1.82) is 0 Å². The Labute approximate surface area is 120 Å². The Balaban J connectivity index is 2.27. The van der Waals surface area contributed by atoms with E-state index in [1.54, 1.807) is 11.8 Å². The molecule has 1 N–H and O–H groups in total. The fourth-order valence-electron chi connectivity index (χ4n) is 2.38. The van der Waals surface area contributed by atoms with E-state index >= 15 is 0 Å². The molecule has 1 atom stereocenters. The Morgan fingerprint density at radius 1 is 1.40 bits per heavy atom. The van der Waals surface area contributed by atoms with Crippen LogP contribution in [0.1, 0.15) is 51.3 Å². The number of ether oxygens (including phenoxy) is 1. The predicted molar refractivity (Wildman–Crippen MR) is 79.0 cm³/mol. The van der Waals surface area contributed by atoms with Gasteiger partial charge in [0, 0.05) is 6.54 Å². The second kappa shape index (κ2) is 5.44. The number of benzene rings is 1. The summed E-state index contributed by atoms with van der Waals surface area (Å²) >= 11 is 0. The van der Waals surface area contributed by atoms with Crippen molar-refractivity contribution in [3.8, 4) is 0 Å². The van der Waals surface area contributed by atoms with Crippen molar-refractivity contribution in [1.82, 2.24) is 0 Å². The van der Waals surface area contributed by atoms with Gasteiger partial charge in [0.05, 0.1) is 11.8 Å². The first kappa shape index (κ1) is 14.9. The van der Waals surface area contributed by atoms with Gasteiger partial charge in [-0.05, 0) is 57.7 Å². The van der Waals surface area contributed by atoms with Gasteiger partial charge in [0.2, 0.25) is 0 Å². The molecule has 0 bridgehead atoms. The highest BCUT2D eigenvalue weighted by Gasteiger charge is 2.27. The number of aryl methyl sites for hydroxylation is 1. The molecule has 0 unspecified atom stereocenters. The van der Waals surface area contributed by atoms with Crippen molar-refractivity contribution < 1.29 is 14.6 Å². The van der Waals surface area contributed by atoms with Gasteiger partial charge in [-0.3, -0.25) is 4.90 Å². The summed E-state index contributed by atoms with van der Waals surface area (Å²) in [4.78, 5) is 13.9. The van der Waals surface area contributed by atoms with Gasteiger partial charge in [0.25, 0.3) is 0 Å². The minimum absolute atomic E-state index is 0.303. The lowest BCUT2D eigenvalue weighted by Gasteiger charge is -2.32. The van der Waals surface area contributed by atoms with E-state index in [4.69, 9.17) is 4.74 Å². The molecule has 0 spiro atoms. The molecule has 0 fully saturated rings. The highest BCUT2D eigenvalue weighted by atomic mass is 16.6. The first-order chi connectivity index (χ1) is 9.28. The zero-order valence-electron chi connectivity index (χ0n) is 12.6. The summed E-state index contributed by atoms with van der Waals surface area (Å²) in [7, 11) is 0. The van der Waals surface area contributed by atoms with Crippen LogP contribution < -0.4 is 4.90 Å². The third-order valence-electron chi connectivity index (χ3n) is 3.32. The zero-order chi connectivity index (χ0) is 14.9. The van der Waals surface area contributed by atoms with E-state index in [0.29, 0.717) is 6.54 Å². The van der Waals surface area contributed by atoms with Crippen LogP contribution in [0.25, 0.3) is 0 Å². The summed E-state index contributed by atoms with van der Waals surface area (Å²) in [5.41, 5.74) is 2.39. The Hall–Kier alpha value is -1.55. The van der Waals surface area contributed by atoms with E-state index in [1.165, 1.54) is 0 Å². The Morgan fingerprint density at radius 3 is 2.70 bits per heavy atom. The largest absolute Gasteiger partial charge is 0.443 e. The van der Waals surface area contributed by atoms with Crippen molar-refractivity contribution >= 4 is 11.8 Å². The number of carbonyl (C=O) groups is 1. The number of fused-ring (bicyclic) bond motifs is 1. The van der Waals surface area contributed by atoms with Crippen LogP contribution in [-0.4, -0.2) is 23.3 Å². The maximum atomic E-state index is 12.2. The minimum atomic E-state index is -0.492. The summed E-state index contributed by atoms with van der Waals surface area (Å²) in [6.07, 6.45) is 1.05. The van der Waals surface area contributed by atoms with Crippen LogP contribution in [0.2, 0.25) is 0 Å². The average molecular weight is 277 g/mol. The van der Waals surface area contributed by atoms with E-state index in [2.05, 4.69) is 0 Å². The maximum absolute atomic E-state index is 12.2. The second-order valence-corrected chi connectivity index (χ2v) is 6.30. The first-order valence-electron chi connectivity index (χ1n) is 7.09. The lowest BCUT2D eigenvalue weighted by Crippen LogP contribution is -2.39. The number of aliphatic hydroxyl groups excluding tert-OH is 1. The van der Waals surface area contributed by atoms with Crippen LogP contribution in [0, 0.1) is 0 Å². The van der Waals surface area contributed by atoms with Gasteiger partial charge in [-0.15, -0.1) is 0 Å². The molecular formula is C16H23NO3. The van der Waals surface area contributed by atoms with Gasteiger partial charge in [-0.25, -0.2) is 4.79 Å². The highest BCUT2D eigenvalue weighted by Crippen LogP contribution is 2.30. The van der Waals surface area contributed by atoms with E-state index in [1.807, 2.05) is 39.0 Å². The number of aliphatic hydroxyl groups is 1. The Morgan fingerprint density at radius 2 is 2.10 bits per heavy atom. The van der Waals surface area contributed by atoms with Crippen LogP contribution >= 0.6 is 0 Å². The van der Waals surface area contributed by atoms with Crippen molar-refractivity contribution in [2.75, 3.05) is 11.4 Å². The number of hydrogen-bond acceptors (Lipinski definition) is 3. The highest BCUT2D eigenvalue weighted by molar-refractivity contribution is 5.89. The second-order valence-electron chi connectivity index (χ2n) is 6.30. The van der Waals surface area contributed by atoms with E-state index in [-0.39, 0.29) is 6.09 Å². The molecule has 1 amide bonds. The SMILES string of the molecule is C[C@H](O)c1ccc2c(c1)CCCN2C(=O)OC(C)(C)C. The Bertz CT molecular complexity index is 503. The third-order valence-corrected chi connectivity index (χ3v) is 3.32. The fourth-order valence-corrected chi connectivity index (χ4v) is 2.38. The normalized spacial score (nSPS) is 16.6. The smallest absolute Gasteiger partial charge is 0.414 e. The minimum Gasteiger partial charge on any atom is -0.443 e. The topological polar surface area (TPSA) is 49.8 Å². The molecule has 2 rings (SSSR count). The van der Waals surface area contributed by atoms with E-state index < -0.39 is 11.7 Å². The fraction of sp³-hybridized carbons (Fsp3) is 0.562. The zero-order valence-corrected chi connectivity index (χ0v) is 12.6. The third kappa shape index (κ3) is 3.31. The lowest BCUT2D eigenvalue weighted by atomic mass is 9.98. The van der Waals surface area contributed by atoms with E-state index in [0.717, 1.165) is 29.7 Å². The number of amides is 1. The van der Waals surface area contributed by atoms with Gasteiger partial charge in [-0.2, -0.15) is 0 Å². The van der Waals surface area contributed by atoms with Crippen molar-refractivity contribution in [3.05, 3.63) is 29.3 Å². The van der Waals surface area contributed by atoms with Crippen LogP contribution in [0.4, 0.5) is 10.5 Å². The maximum Gasteiger partial charge on any atom is 0.414 e. The quantitative estimate of drug-likeness (QED) is 0.855. The van der Waals surface area contributed by atoms with Gasteiger partial charge < -0.3 is 9.84 Å². The molecule has 1 aromatic carbocycles. The van der Waals surface area contributed by atoms with Crippen molar-refractivity contribution in [2.45, 2.75) is 52.2 Å². The number of carbonyl (C=O) groups excluding carboxylic acids is 1. The molecule has 0 aromatic heterocycles. The van der Waals surface area contributed by atoms with Crippen molar-refractivity contribution in [2.24, 2.45) is 0 Å². The molecule has 0 radical (unpaired) electrons. The van der Waals surface area contributed by atoms with Gasteiger partial charge in [-0.1, -0.05) is 12.1 Å². The van der Waals surface area contributed by atoms with Gasteiger partial charge in [0.15, 0.2) is 0 Å². The molecule has 0 saturated carbocycles. The standard InChI is InChI=1S/C16H23NO3/c1-11(18)12-7-8-14-13(10-12)6-5-9-17(14)15(19)20-16(2,3)4/h7-8,10-11,18H,5-6,9H2,1-4H3/t11-/m0/s1. The monoisotopic (exact) mass is 277 g/mol. The molecule has 4 nitrogen and oxygen atoms in total. The summed E-state index contributed by atoms with van der Waals surface area (Å²) in [5, 5.41) is 9.65. The molecule has 1 aromatic rings. The first-order valence-corrected chi connectivity index (χ1v) is 7.09. The summed E-state index contributed by atoms with van der Waals surface area (Å²) in [5.74, 6) is 0. The summed E-state index contributed by atoms with van der Waals surface area (Å²) in [6, 6.07) is 5.75. The molecule has 1 aliphatic rings. The molecular weight excluding hydrogens is 254 g/mol. The van der Waals surface area contributed by atoms with E-state index in [9.17, 15) is 9.90 Å². The molecule has 4 heteroatoms. The molecule has 0 aliphatic carbocycles. The number of hydrogen-bond donors (Lipinski definition) is 1. The molecule has 20 heavy (non-hydrogen) atoms.